The van der Waals surface area contributed by atoms with Gasteiger partial charge in [0.05, 0.1) is 0 Å². The van der Waals surface area contributed by atoms with Gasteiger partial charge in [0.1, 0.15) is 0 Å². The third kappa shape index (κ3) is 60.9. The van der Waals surface area contributed by atoms with Gasteiger partial charge in [0.15, 0.2) is 0 Å². The van der Waals surface area contributed by atoms with Crippen LogP contribution in [0, 0.1) is 0 Å². The minimum Gasteiger partial charge on any atom is 1.00 e. The van der Waals surface area contributed by atoms with Gasteiger partial charge >= 0.3 is 130 Å². The van der Waals surface area contributed by atoms with Crippen LogP contribution >= 0.6 is 34.3 Å². The molecule has 0 spiro atoms. The van der Waals surface area contributed by atoms with Crippen LogP contribution in [0.25, 0.3) is 0 Å². The van der Waals surface area contributed by atoms with Crippen LogP contribution in [0.3, 0.4) is 0 Å². The fourth-order valence-electron chi connectivity index (χ4n) is 0. The molecule has 0 aromatic rings. The third-order valence-electron chi connectivity index (χ3n) is 0. The first-order valence-corrected chi connectivity index (χ1v) is 18.6. The van der Waals surface area contributed by atoms with E-state index >= 15 is 0 Å². The minimum atomic E-state index is -3.39. The maximum atomic E-state index is 5.05. The van der Waals surface area contributed by atoms with Gasteiger partial charge in [-0.3, -0.25) is 0 Å². The first-order valence-electron chi connectivity index (χ1n) is 0.756. The molecule has 0 aliphatic carbocycles. The summed E-state index contributed by atoms with van der Waals surface area (Å²) in [6.07, 6.45) is 0. The van der Waals surface area contributed by atoms with Crippen molar-refractivity contribution in [1.82, 2.24) is 0 Å². The Bertz CT molecular complexity index is 28.5. The summed E-state index contributed by atoms with van der Waals surface area (Å²) in [7, 11) is 20.2. The van der Waals surface area contributed by atoms with E-state index in [1.54, 1.807) is 0 Å². The second-order valence-electron chi connectivity index (χ2n) is 0.429. The van der Waals surface area contributed by atoms with Crippen molar-refractivity contribution in [2.24, 2.45) is 0 Å². The van der Waals surface area contributed by atoms with E-state index in [1.165, 1.54) is 0 Å². The largest absolute Gasteiger partial charge is 1.00 e. The number of rotatable bonds is 0. The van der Waals surface area contributed by atoms with Gasteiger partial charge in [-0.25, -0.2) is 0 Å². The van der Waals surface area contributed by atoms with Gasteiger partial charge in [-0.2, -0.15) is 0 Å². The molecule has 0 aromatic carbocycles. The molecule has 0 aliphatic rings. The molecule has 0 rings (SSSR count). The molecule has 48 valence electrons. The van der Waals surface area contributed by atoms with Gasteiger partial charge in [-0.05, 0) is 0 Å². The predicted molar refractivity (Wildman–Crippen MR) is 23.4 cm³/mol. The Morgan fingerprint density at radius 3 is 0.778 bits per heavy atom. The van der Waals surface area contributed by atoms with Crippen LogP contribution in [0.1, 0.15) is 0 Å². The second-order valence-corrected chi connectivity index (χ2v) is 31.6. The Balaban J connectivity index is -0.0000000133. The van der Waals surface area contributed by atoms with Crippen LogP contribution in [-0.2, 0) is 15.2 Å². The molecule has 0 saturated heterocycles. The topological polar surface area (TPSA) is 0 Å². The van der Waals surface area contributed by atoms with Crippen molar-refractivity contribution >= 4 is 34.3 Å². The fourth-order valence-corrected chi connectivity index (χ4v) is 0. The molecule has 0 unspecified atom stereocenters. The summed E-state index contributed by atoms with van der Waals surface area (Å²) in [5.41, 5.74) is 0. The van der Waals surface area contributed by atoms with Gasteiger partial charge in [-0.15, -0.1) is 0 Å². The molecule has 0 heterocycles. The Kier molecular flexibility index (Phi) is 51.0. The smallest absolute Gasteiger partial charge is 1.00 e. The molecule has 0 aliphatic heterocycles. The predicted octanol–water partition coefficient (Wildman–Crippen LogP) is -9.23. The summed E-state index contributed by atoms with van der Waals surface area (Å²) in [6, 6.07) is 0. The van der Waals surface area contributed by atoms with Crippen LogP contribution in [0.15, 0.2) is 0 Å². The monoisotopic (exact) mass is 452 g/mol. The van der Waals surface area contributed by atoms with Crippen molar-refractivity contribution in [2.45, 2.75) is 0 Å². The van der Waals surface area contributed by atoms with E-state index in [4.69, 9.17) is 34.3 Å². The summed E-state index contributed by atoms with van der Waals surface area (Å²) in [5.74, 6) is 0. The van der Waals surface area contributed by atoms with Gasteiger partial charge in [0.2, 0.25) is 0 Å². The quantitative estimate of drug-likeness (QED) is 0.320. The molecule has 0 bridgehead atoms. The molecule has 0 N–H and O–H groups in total. The van der Waals surface area contributed by atoms with E-state index in [0.717, 1.165) is 0 Å². The molecule has 9 heavy (non-hydrogen) atoms. The van der Waals surface area contributed by atoms with Crippen LogP contribution in [0.5, 0.6) is 0 Å². The third-order valence-corrected chi connectivity index (χ3v) is 0. The molecule has 0 saturated carbocycles. The molecule has 0 aromatic heterocycles. The van der Waals surface area contributed by atoms with Crippen molar-refractivity contribution in [3.63, 3.8) is 0 Å². The number of hydrogen-bond acceptors (Lipinski definition) is 0. The molecule has 0 atom stereocenters. The Labute approximate surface area is 151 Å². The molecule has 0 radical (unpaired) electrons. The van der Waals surface area contributed by atoms with Crippen LogP contribution in [0.2, 0.25) is 0 Å². The maximum absolute atomic E-state index is 5.05. The van der Waals surface area contributed by atoms with E-state index in [0.29, 0.717) is 0 Å². The number of halogens is 6. The normalized spacial score (nSPS) is 6.67. The van der Waals surface area contributed by atoms with E-state index in [1.807, 2.05) is 0 Å². The van der Waals surface area contributed by atoms with Gasteiger partial charge in [0.25, 0.3) is 0 Å². The summed E-state index contributed by atoms with van der Waals surface area (Å²) < 4.78 is 0. The summed E-state index contributed by atoms with van der Waals surface area (Å²) in [5, 5.41) is 0. The van der Waals surface area contributed by atoms with Crippen LogP contribution in [-0.4, -0.2) is 0 Å². The maximum Gasteiger partial charge on any atom is 1.00 e. The minimum absolute atomic E-state index is 0. The molecule has 0 fully saturated rings. The summed E-state index contributed by atoms with van der Waals surface area (Å²) in [6.45, 7) is 0. The van der Waals surface area contributed by atoms with E-state index in [9.17, 15) is 0 Å². The standard InChI is InChI=1S/6ClH.Hf.K.Na/h6*1H;;;/q;;;;;;+4;2*+1/p-6. The van der Waals surface area contributed by atoms with E-state index < -0.39 is 15.2 Å². The molecular weight excluding hydrogens is 453 g/mol. The summed E-state index contributed by atoms with van der Waals surface area (Å²) >= 11 is -3.39. The zero-order valence-electron chi connectivity index (χ0n) is 4.77. The Morgan fingerprint density at radius 2 is 0.778 bits per heavy atom. The summed E-state index contributed by atoms with van der Waals surface area (Å²) in [4.78, 5) is 0. The first-order chi connectivity index (χ1) is 2.00. The van der Waals surface area contributed by atoms with Crippen molar-refractivity contribution in [2.75, 3.05) is 0 Å². The van der Waals surface area contributed by atoms with E-state index in [2.05, 4.69) is 0 Å². The van der Waals surface area contributed by atoms with Crippen molar-refractivity contribution in [1.29, 1.82) is 0 Å². The SMILES string of the molecule is [Cl-].[Cl-].[Cl][Hf]([Cl])([Cl])[Cl].[K+].[Na+]. The van der Waals surface area contributed by atoms with Crippen LogP contribution < -0.4 is 106 Å². The van der Waals surface area contributed by atoms with Crippen LogP contribution in [0.4, 0.5) is 0 Å². The van der Waals surface area contributed by atoms with Gasteiger partial charge in [0, 0.05) is 0 Å². The zero-order valence-corrected chi connectivity index (χ0v) is 18.0. The van der Waals surface area contributed by atoms with E-state index in [-0.39, 0.29) is 106 Å². The Morgan fingerprint density at radius 1 is 0.778 bits per heavy atom. The Hall–Kier alpha value is 5.25. The fraction of sp³-hybridized carbons (Fsp3) is 0. The molecular formula is Cl6HfKNa. The zero-order chi connectivity index (χ0) is 4.50. The average molecular weight is 453 g/mol. The molecule has 0 amide bonds. The average Bonchev–Trinajstić information content (AvgIpc) is 0.722. The first kappa shape index (κ1) is 29.2. The van der Waals surface area contributed by atoms with Crippen molar-refractivity contribution in [3.8, 4) is 0 Å². The molecule has 9 heteroatoms. The number of hydrogen-bond donors (Lipinski definition) is 0. The van der Waals surface area contributed by atoms with Gasteiger partial charge < -0.3 is 24.8 Å². The van der Waals surface area contributed by atoms with Crippen molar-refractivity contribution < 1.29 is 121 Å². The van der Waals surface area contributed by atoms with Crippen molar-refractivity contribution in [3.05, 3.63) is 0 Å². The van der Waals surface area contributed by atoms with Gasteiger partial charge in [-0.1, -0.05) is 0 Å². The second kappa shape index (κ2) is 15.7. The molecule has 0 nitrogen and oxygen atoms in total.